The lowest BCUT2D eigenvalue weighted by molar-refractivity contribution is -0.115. The summed E-state index contributed by atoms with van der Waals surface area (Å²) >= 11 is 0. The van der Waals surface area contributed by atoms with Crippen LogP contribution in [0, 0.1) is 12.7 Å². The summed E-state index contributed by atoms with van der Waals surface area (Å²) in [6, 6.07) is 11.5. The van der Waals surface area contributed by atoms with E-state index in [1.807, 2.05) is 19.1 Å². The maximum absolute atomic E-state index is 13.4. The van der Waals surface area contributed by atoms with Crippen LogP contribution >= 0.6 is 0 Å². The van der Waals surface area contributed by atoms with E-state index < -0.39 is 11.9 Å². The molecule has 1 aliphatic heterocycles. The van der Waals surface area contributed by atoms with Gasteiger partial charge in [-0.1, -0.05) is 18.2 Å². The number of aryl methyl sites for hydroxylation is 1. The molecule has 1 aliphatic rings. The number of halogens is 1. The van der Waals surface area contributed by atoms with Crippen molar-refractivity contribution in [2.75, 3.05) is 7.05 Å². The van der Waals surface area contributed by atoms with Crippen molar-refractivity contribution in [3.63, 3.8) is 0 Å². The van der Waals surface area contributed by atoms with Gasteiger partial charge in [0.05, 0.1) is 6.04 Å². The van der Waals surface area contributed by atoms with Crippen molar-refractivity contribution in [3.05, 3.63) is 93.2 Å². The number of urea groups is 1. The minimum absolute atomic E-state index is 0.0997. The Morgan fingerprint density at radius 1 is 1.07 bits per heavy atom. The number of hydrogen-bond donors (Lipinski definition) is 2. The highest BCUT2D eigenvalue weighted by molar-refractivity contribution is 6.02. The van der Waals surface area contributed by atoms with Crippen LogP contribution in [0.3, 0.4) is 0 Å². The normalized spacial score (nSPS) is 16.4. The number of carbonyl (C=O) groups excluding carboxylic acids is 2. The Labute approximate surface area is 172 Å². The van der Waals surface area contributed by atoms with Crippen LogP contribution in [0.15, 0.2) is 65.1 Å². The Bertz CT molecular complexity index is 1240. The number of amides is 2. The molecule has 6 nitrogen and oxygen atoms in total. The second-order valence-electron chi connectivity index (χ2n) is 7.37. The summed E-state index contributed by atoms with van der Waals surface area (Å²) in [6.07, 6.45) is 1.62. The van der Waals surface area contributed by atoms with Crippen molar-refractivity contribution in [2.24, 2.45) is 0 Å². The number of rotatable bonds is 4. The summed E-state index contributed by atoms with van der Waals surface area (Å²) in [7, 11) is 1.57. The van der Waals surface area contributed by atoms with Crippen LogP contribution in [0.25, 0.3) is 10.9 Å². The molecule has 0 fully saturated rings. The molecule has 1 atom stereocenters. The number of fused-ring (bicyclic) bond motifs is 1. The number of aromatic amines is 1. The van der Waals surface area contributed by atoms with E-state index in [0.717, 1.165) is 16.5 Å². The number of Topliss-reactive ketones (excluding diaryl/α,β-unsaturated/α-hetero) is 1. The molecule has 3 aromatic rings. The van der Waals surface area contributed by atoms with Crippen LogP contribution < -0.4 is 10.9 Å². The summed E-state index contributed by atoms with van der Waals surface area (Å²) in [5, 5.41) is 3.61. The zero-order valence-electron chi connectivity index (χ0n) is 16.5. The molecule has 1 aromatic heterocycles. The number of carbonyl (C=O) groups is 2. The van der Waals surface area contributed by atoms with Crippen molar-refractivity contribution in [1.82, 2.24) is 15.2 Å². The van der Waals surface area contributed by atoms with E-state index in [4.69, 9.17) is 0 Å². The monoisotopic (exact) mass is 405 g/mol. The number of nitrogens with zero attached hydrogens (tertiary/aromatic N) is 1. The van der Waals surface area contributed by atoms with Gasteiger partial charge in [-0.05, 0) is 47.9 Å². The third kappa shape index (κ3) is 3.61. The van der Waals surface area contributed by atoms with E-state index in [-0.39, 0.29) is 23.8 Å². The van der Waals surface area contributed by atoms with Crippen LogP contribution in [0.4, 0.5) is 9.18 Å². The quantitative estimate of drug-likeness (QED) is 0.698. The van der Waals surface area contributed by atoms with Crippen LogP contribution in [0.1, 0.15) is 22.7 Å². The fourth-order valence-electron chi connectivity index (χ4n) is 3.70. The highest BCUT2D eigenvalue weighted by atomic mass is 19.1. The number of benzene rings is 2. The second kappa shape index (κ2) is 7.59. The van der Waals surface area contributed by atoms with Gasteiger partial charge in [-0.25, -0.2) is 9.18 Å². The average molecular weight is 405 g/mol. The molecular formula is C23H20FN3O3. The standard InChI is InChI=1S/C23H20FN3O3/c1-13-3-9-19-16(8-10-21(29)25-19)17(13)11-20(28)18-12-27(2)23(30)26-22(18)14-4-6-15(24)7-5-14/h3-10,12,22H,11H2,1-2H3,(H,25,29)(H,26,30)/t22-/m0/s1. The van der Waals surface area contributed by atoms with E-state index in [1.54, 1.807) is 25.2 Å². The van der Waals surface area contributed by atoms with E-state index in [0.29, 0.717) is 16.7 Å². The van der Waals surface area contributed by atoms with Crippen molar-refractivity contribution in [1.29, 1.82) is 0 Å². The van der Waals surface area contributed by atoms with Gasteiger partial charge in [0, 0.05) is 42.2 Å². The second-order valence-corrected chi connectivity index (χ2v) is 7.37. The molecule has 0 saturated heterocycles. The van der Waals surface area contributed by atoms with Gasteiger partial charge in [-0.3, -0.25) is 9.59 Å². The molecule has 152 valence electrons. The smallest absolute Gasteiger partial charge is 0.321 e. The van der Waals surface area contributed by atoms with Gasteiger partial charge in [-0.2, -0.15) is 0 Å². The van der Waals surface area contributed by atoms with Crippen LogP contribution in [0.2, 0.25) is 0 Å². The average Bonchev–Trinajstić information content (AvgIpc) is 2.72. The molecule has 2 heterocycles. The first-order valence-corrected chi connectivity index (χ1v) is 9.48. The zero-order valence-corrected chi connectivity index (χ0v) is 16.5. The molecule has 30 heavy (non-hydrogen) atoms. The molecule has 0 bridgehead atoms. The highest BCUT2D eigenvalue weighted by Crippen LogP contribution is 2.29. The highest BCUT2D eigenvalue weighted by Gasteiger charge is 2.30. The van der Waals surface area contributed by atoms with Crippen LogP contribution in [-0.4, -0.2) is 28.7 Å². The van der Waals surface area contributed by atoms with Gasteiger partial charge < -0.3 is 15.2 Å². The van der Waals surface area contributed by atoms with Gasteiger partial charge >= 0.3 is 6.03 Å². The summed E-state index contributed by atoms with van der Waals surface area (Å²) in [5.41, 5.74) is 3.22. The minimum atomic E-state index is -0.670. The maximum atomic E-state index is 13.4. The molecule has 2 aromatic carbocycles. The van der Waals surface area contributed by atoms with Crippen molar-refractivity contribution >= 4 is 22.7 Å². The molecule has 0 radical (unpaired) electrons. The Hall–Kier alpha value is -3.74. The Morgan fingerprint density at radius 2 is 1.80 bits per heavy atom. The molecule has 7 heteroatoms. The first-order chi connectivity index (χ1) is 14.3. The lowest BCUT2D eigenvalue weighted by Gasteiger charge is -2.30. The van der Waals surface area contributed by atoms with Gasteiger partial charge in [-0.15, -0.1) is 0 Å². The third-order valence-corrected chi connectivity index (χ3v) is 5.35. The van der Waals surface area contributed by atoms with Crippen molar-refractivity contribution < 1.29 is 14.0 Å². The number of aromatic nitrogens is 1. The molecular weight excluding hydrogens is 385 g/mol. The predicted octanol–water partition coefficient (Wildman–Crippen LogP) is 3.37. The van der Waals surface area contributed by atoms with E-state index in [2.05, 4.69) is 10.3 Å². The lowest BCUT2D eigenvalue weighted by Crippen LogP contribution is -2.43. The van der Waals surface area contributed by atoms with Crippen LogP contribution in [0.5, 0.6) is 0 Å². The maximum Gasteiger partial charge on any atom is 0.321 e. The first-order valence-electron chi connectivity index (χ1n) is 9.48. The first kappa shape index (κ1) is 19.6. The number of nitrogens with one attached hydrogen (secondary N) is 2. The predicted molar refractivity (Wildman–Crippen MR) is 112 cm³/mol. The lowest BCUT2D eigenvalue weighted by atomic mass is 9.90. The zero-order chi connectivity index (χ0) is 21.4. The summed E-state index contributed by atoms with van der Waals surface area (Å²) in [5.74, 6) is -0.562. The summed E-state index contributed by atoms with van der Waals surface area (Å²) in [6.45, 7) is 1.91. The number of pyridine rings is 1. The van der Waals surface area contributed by atoms with Crippen molar-refractivity contribution in [2.45, 2.75) is 19.4 Å². The van der Waals surface area contributed by atoms with Gasteiger partial charge in [0.15, 0.2) is 5.78 Å². The topological polar surface area (TPSA) is 82.3 Å². The van der Waals surface area contributed by atoms with E-state index >= 15 is 0 Å². The molecule has 2 amide bonds. The van der Waals surface area contributed by atoms with Gasteiger partial charge in [0.2, 0.25) is 5.56 Å². The summed E-state index contributed by atoms with van der Waals surface area (Å²) in [4.78, 5) is 41.3. The van der Waals surface area contributed by atoms with E-state index in [9.17, 15) is 18.8 Å². The number of hydrogen-bond acceptors (Lipinski definition) is 3. The van der Waals surface area contributed by atoms with Crippen molar-refractivity contribution in [3.8, 4) is 0 Å². The Morgan fingerprint density at radius 3 is 2.53 bits per heavy atom. The third-order valence-electron chi connectivity index (χ3n) is 5.35. The molecule has 0 spiro atoms. The molecule has 2 N–H and O–H groups in total. The van der Waals surface area contributed by atoms with Crippen LogP contribution in [-0.2, 0) is 11.2 Å². The molecule has 0 saturated carbocycles. The number of ketones is 1. The fraction of sp³-hybridized carbons (Fsp3) is 0.174. The Kier molecular flexibility index (Phi) is 4.95. The molecule has 4 rings (SSSR count). The Balaban J connectivity index is 1.74. The SMILES string of the molecule is Cc1ccc2[nH]c(=O)ccc2c1CC(=O)C1=CN(C)C(=O)N[C@H]1c1ccc(F)cc1. The van der Waals surface area contributed by atoms with E-state index in [1.165, 1.54) is 29.3 Å². The van der Waals surface area contributed by atoms with Gasteiger partial charge in [0.25, 0.3) is 0 Å². The largest absolute Gasteiger partial charge is 0.327 e. The number of H-pyrrole nitrogens is 1. The fourth-order valence-corrected chi connectivity index (χ4v) is 3.70. The van der Waals surface area contributed by atoms with Gasteiger partial charge in [0.1, 0.15) is 5.82 Å². The summed E-state index contributed by atoms with van der Waals surface area (Å²) < 4.78 is 13.4. The molecule has 0 unspecified atom stereocenters. The molecule has 0 aliphatic carbocycles. The minimum Gasteiger partial charge on any atom is -0.327 e.